The van der Waals surface area contributed by atoms with E-state index in [-0.39, 0.29) is 17.3 Å². The first-order valence-corrected chi connectivity index (χ1v) is 6.71. The first-order valence-electron chi connectivity index (χ1n) is 6.71. The van der Waals surface area contributed by atoms with Crippen molar-refractivity contribution >= 4 is 11.6 Å². The standard InChI is InChI=1S/C14H17N3O2/c1-8-12(17-6-4-3-5-7-17)14(19)10-9(2)15-16-11(10)13(8)18/h3-7H2,1-2H3,(H,15,16). The Kier molecular flexibility index (Phi) is 2.77. The van der Waals surface area contributed by atoms with E-state index < -0.39 is 0 Å². The minimum Gasteiger partial charge on any atom is -0.368 e. The van der Waals surface area contributed by atoms with E-state index in [1.807, 2.05) is 0 Å². The molecule has 0 atom stereocenters. The van der Waals surface area contributed by atoms with Crippen LogP contribution in [0.15, 0.2) is 11.3 Å². The van der Waals surface area contributed by atoms with Gasteiger partial charge in [-0.3, -0.25) is 14.7 Å². The lowest BCUT2D eigenvalue weighted by Gasteiger charge is -2.32. The molecule has 3 rings (SSSR count). The van der Waals surface area contributed by atoms with Crippen LogP contribution in [0.2, 0.25) is 0 Å². The van der Waals surface area contributed by atoms with Crippen LogP contribution in [0, 0.1) is 6.92 Å². The van der Waals surface area contributed by atoms with Crippen LogP contribution in [0.25, 0.3) is 0 Å². The van der Waals surface area contributed by atoms with Crippen molar-refractivity contribution in [3.8, 4) is 0 Å². The van der Waals surface area contributed by atoms with Gasteiger partial charge in [0.1, 0.15) is 5.69 Å². The topological polar surface area (TPSA) is 66.1 Å². The Hall–Kier alpha value is -1.91. The molecule has 0 saturated carbocycles. The zero-order valence-corrected chi connectivity index (χ0v) is 11.2. The Bertz CT molecular complexity index is 592. The largest absolute Gasteiger partial charge is 0.368 e. The predicted octanol–water partition coefficient (Wildman–Crippen LogP) is 1.86. The van der Waals surface area contributed by atoms with Crippen molar-refractivity contribution in [2.75, 3.05) is 13.1 Å². The number of carbonyl (C=O) groups excluding carboxylic acids is 2. The van der Waals surface area contributed by atoms with Crippen LogP contribution in [0.1, 0.15) is 52.7 Å². The van der Waals surface area contributed by atoms with Gasteiger partial charge in [0.25, 0.3) is 0 Å². The second-order valence-corrected chi connectivity index (χ2v) is 5.25. The quantitative estimate of drug-likeness (QED) is 0.836. The summed E-state index contributed by atoms with van der Waals surface area (Å²) in [4.78, 5) is 27.0. The van der Waals surface area contributed by atoms with E-state index in [4.69, 9.17) is 0 Å². The number of likely N-dealkylation sites (tertiary alicyclic amines) is 1. The minimum absolute atomic E-state index is 0.0553. The van der Waals surface area contributed by atoms with E-state index in [2.05, 4.69) is 15.1 Å². The molecule has 19 heavy (non-hydrogen) atoms. The third-order valence-electron chi connectivity index (χ3n) is 3.97. The number of hydrogen-bond donors (Lipinski definition) is 1. The molecule has 2 heterocycles. The number of hydrogen-bond acceptors (Lipinski definition) is 4. The number of allylic oxidation sites excluding steroid dienone is 2. The van der Waals surface area contributed by atoms with Crippen molar-refractivity contribution in [2.45, 2.75) is 33.1 Å². The number of aromatic amines is 1. The second kappa shape index (κ2) is 4.33. The molecule has 0 aromatic carbocycles. The van der Waals surface area contributed by atoms with Gasteiger partial charge in [-0.05, 0) is 33.1 Å². The number of nitrogens with one attached hydrogen (secondary N) is 1. The van der Waals surface area contributed by atoms with Crippen LogP contribution < -0.4 is 0 Å². The average Bonchev–Trinajstić information content (AvgIpc) is 2.80. The predicted molar refractivity (Wildman–Crippen MR) is 70.1 cm³/mol. The molecule has 0 spiro atoms. The molecule has 1 aromatic rings. The van der Waals surface area contributed by atoms with Gasteiger partial charge in [-0.1, -0.05) is 0 Å². The molecule has 1 N–H and O–H groups in total. The average molecular weight is 259 g/mol. The number of aryl methyl sites for hydroxylation is 1. The van der Waals surface area contributed by atoms with Crippen molar-refractivity contribution in [2.24, 2.45) is 0 Å². The number of H-pyrrole nitrogens is 1. The minimum atomic E-state index is -0.125. The van der Waals surface area contributed by atoms with Crippen molar-refractivity contribution < 1.29 is 9.59 Å². The smallest absolute Gasteiger partial charge is 0.213 e. The van der Waals surface area contributed by atoms with Crippen molar-refractivity contribution in [1.29, 1.82) is 0 Å². The highest BCUT2D eigenvalue weighted by atomic mass is 16.1. The molecule has 1 aromatic heterocycles. The molecule has 5 nitrogen and oxygen atoms in total. The maximum Gasteiger partial charge on any atom is 0.213 e. The first-order chi connectivity index (χ1) is 9.11. The number of carbonyl (C=O) groups is 2. The fourth-order valence-electron chi connectivity index (χ4n) is 2.94. The van der Waals surface area contributed by atoms with Gasteiger partial charge in [-0.2, -0.15) is 5.10 Å². The molecule has 1 aliphatic heterocycles. The summed E-state index contributed by atoms with van der Waals surface area (Å²) in [6, 6.07) is 0. The van der Waals surface area contributed by atoms with E-state index in [0.29, 0.717) is 22.5 Å². The zero-order chi connectivity index (χ0) is 13.6. The number of aromatic nitrogens is 2. The van der Waals surface area contributed by atoms with E-state index in [1.165, 1.54) is 6.42 Å². The maximum absolute atomic E-state index is 12.6. The lowest BCUT2D eigenvalue weighted by atomic mass is 9.90. The fraction of sp³-hybridized carbons (Fsp3) is 0.500. The van der Waals surface area contributed by atoms with Gasteiger partial charge in [0.2, 0.25) is 11.6 Å². The lowest BCUT2D eigenvalue weighted by molar-refractivity contribution is 0.0932. The Morgan fingerprint density at radius 3 is 2.42 bits per heavy atom. The molecule has 1 saturated heterocycles. The van der Waals surface area contributed by atoms with Crippen molar-refractivity contribution in [3.05, 3.63) is 28.2 Å². The van der Waals surface area contributed by atoms with Crippen LogP contribution in [0.5, 0.6) is 0 Å². The Morgan fingerprint density at radius 2 is 1.74 bits per heavy atom. The third kappa shape index (κ3) is 1.72. The SMILES string of the molecule is CC1=C(N2CCCCC2)C(=O)c2c(n[nH]c2C)C1=O. The molecule has 100 valence electrons. The van der Waals surface area contributed by atoms with Gasteiger partial charge in [0.05, 0.1) is 11.3 Å². The van der Waals surface area contributed by atoms with Crippen LogP contribution in [0.4, 0.5) is 0 Å². The Balaban J connectivity index is 2.08. The fourth-order valence-corrected chi connectivity index (χ4v) is 2.94. The molecule has 0 bridgehead atoms. The molecular weight excluding hydrogens is 242 g/mol. The summed E-state index contributed by atoms with van der Waals surface area (Å²) in [5, 5.41) is 6.72. The van der Waals surface area contributed by atoms with Crippen molar-refractivity contribution in [3.63, 3.8) is 0 Å². The van der Waals surface area contributed by atoms with Crippen LogP contribution >= 0.6 is 0 Å². The highest BCUT2D eigenvalue weighted by molar-refractivity contribution is 6.26. The number of piperidine rings is 1. The van der Waals surface area contributed by atoms with Crippen molar-refractivity contribution in [1.82, 2.24) is 15.1 Å². The van der Waals surface area contributed by atoms with E-state index in [9.17, 15) is 9.59 Å². The molecule has 0 unspecified atom stereocenters. The highest BCUT2D eigenvalue weighted by Crippen LogP contribution is 2.30. The first kappa shape index (κ1) is 12.1. The van der Waals surface area contributed by atoms with Crippen LogP contribution in [-0.2, 0) is 0 Å². The molecular formula is C14H17N3O2. The summed E-state index contributed by atoms with van der Waals surface area (Å²) >= 11 is 0. The lowest BCUT2D eigenvalue weighted by Crippen LogP contribution is -2.37. The van der Waals surface area contributed by atoms with E-state index in [1.54, 1.807) is 13.8 Å². The zero-order valence-electron chi connectivity index (χ0n) is 11.2. The monoisotopic (exact) mass is 259 g/mol. The van der Waals surface area contributed by atoms with Crippen LogP contribution in [-0.4, -0.2) is 39.8 Å². The second-order valence-electron chi connectivity index (χ2n) is 5.25. The molecule has 2 aliphatic rings. The molecule has 1 fully saturated rings. The maximum atomic E-state index is 12.6. The highest BCUT2D eigenvalue weighted by Gasteiger charge is 2.36. The van der Waals surface area contributed by atoms with Gasteiger partial charge in [0, 0.05) is 24.4 Å². The molecule has 0 amide bonds. The number of nitrogens with zero attached hydrogens (tertiary/aromatic N) is 2. The normalized spacial score (nSPS) is 20.0. The Morgan fingerprint density at radius 1 is 1.05 bits per heavy atom. The summed E-state index contributed by atoms with van der Waals surface area (Å²) < 4.78 is 0. The van der Waals surface area contributed by atoms with Gasteiger partial charge in [-0.25, -0.2) is 0 Å². The Labute approximate surface area is 111 Å². The summed E-state index contributed by atoms with van der Waals surface area (Å²) in [6.07, 6.45) is 3.35. The molecule has 1 aliphatic carbocycles. The molecule has 0 radical (unpaired) electrons. The van der Waals surface area contributed by atoms with Gasteiger partial charge >= 0.3 is 0 Å². The summed E-state index contributed by atoms with van der Waals surface area (Å²) in [5.41, 5.74) is 2.53. The van der Waals surface area contributed by atoms with Gasteiger partial charge in [-0.15, -0.1) is 0 Å². The summed E-state index contributed by atoms with van der Waals surface area (Å²) in [7, 11) is 0. The number of Topliss-reactive ketones (excluding diaryl/α,β-unsaturated/α-hetero) is 2. The summed E-state index contributed by atoms with van der Waals surface area (Å²) in [5.74, 6) is -0.181. The third-order valence-corrected chi connectivity index (χ3v) is 3.97. The van der Waals surface area contributed by atoms with Crippen LogP contribution in [0.3, 0.4) is 0 Å². The van der Waals surface area contributed by atoms with E-state index >= 15 is 0 Å². The van der Waals surface area contributed by atoms with E-state index in [0.717, 1.165) is 25.9 Å². The number of ketones is 2. The van der Waals surface area contributed by atoms with Gasteiger partial charge in [0.15, 0.2) is 0 Å². The molecule has 5 heteroatoms. The summed E-state index contributed by atoms with van der Waals surface area (Å²) in [6.45, 7) is 5.23. The van der Waals surface area contributed by atoms with Gasteiger partial charge < -0.3 is 4.90 Å². The number of rotatable bonds is 1. The number of fused-ring (bicyclic) bond motifs is 1.